The van der Waals surface area contributed by atoms with Crippen molar-refractivity contribution in [2.24, 2.45) is 5.92 Å². The third-order valence-corrected chi connectivity index (χ3v) is 2.81. The van der Waals surface area contributed by atoms with Crippen LogP contribution in [0.5, 0.6) is 0 Å². The van der Waals surface area contributed by atoms with Gasteiger partial charge in [-0.2, -0.15) is 5.26 Å². The van der Waals surface area contributed by atoms with Crippen LogP contribution in [-0.2, 0) is 4.79 Å². The van der Waals surface area contributed by atoms with Crippen molar-refractivity contribution < 1.29 is 4.79 Å². The van der Waals surface area contributed by atoms with Gasteiger partial charge in [0.2, 0.25) is 5.91 Å². The molecule has 1 aliphatic rings. The van der Waals surface area contributed by atoms with Gasteiger partial charge in [-0.1, -0.05) is 0 Å². The van der Waals surface area contributed by atoms with E-state index in [4.69, 9.17) is 5.26 Å². The summed E-state index contributed by atoms with van der Waals surface area (Å²) in [6, 6.07) is 2.31. The number of carbonyl (C=O) groups excluding carboxylic acids is 1. The van der Waals surface area contributed by atoms with Gasteiger partial charge < -0.3 is 10.6 Å². The zero-order valence-corrected chi connectivity index (χ0v) is 10.3. The van der Waals surface area contributed by atoms with E-state index in [9.17, 15) is 4.79 Å². The molecule has 4 nitrogen and oxygen atoms in total. The third-order valence-electron chi connectivity index (χ3n) is 2.81. The van der Waals surface area contributed by atoms with Gasteiger partial charge in [-0.05, 0) is 40.0 Å². The standard InChI is InChI=1S/C12H21N3O/c1-12(2,3)14-8-11(16)15-10-6-4-5-9(10)7-13/h9-10,14H,4-6,8H2,1-3H3,(H,15,16). The fraction of sp³-hybridized carbons (Fsp3) is 0.833. The molecule has 0 bridgehead atoms. The molecule has 2 unspecified atom stereocenters. The number of nitriles is 1. The zero-order valence-electron chi connectivity index (χ0n) is 10.3. The fourth-order valence-electron chi connectivity index (χ4n) is 1.89. The van der Waals surface area contributed by atoms with Crippen LogP contribution in [0.15, 0.2) is 0 Å². The van der Waals surface area contributed by atoms with E-state index in [1.165, 1.54) is 0 Å². The Balaban J connectivity index is 2.32. The van der Waals surface area contributed by atoms with Crippen LogP contribution in [0.4, 0.5) is 0 Å². The molecule has 0 aromatic rings. The minimum atomic E-state index is -0.0539. The molecule has 2 atom stereocenters. The molecule has 0 aliphatic heterocycles. The molecular formula is C12H21N3O. The van der Waals surface area contributed by atoms with E-state index < -0.39 is 0 Å². The Labute approximate surface area is 97.4 Å². The van der Waals surface area contributed by atoms with Crippen LogP contribution in [-0.4, -0.2) is 24.0 Å². The molecule has 0 radical (unpaired) electrons. The molecule has 0 heterocycles. The van der Waals surface area contributed by atoms with Crippen molar-refractivity contribution in [2.45, 2.75) is 51.6 Å². The number of hydrogen-bond donors (Lipinski definition) is 2. The largest absolute Gasteiger partial charge is 0.351 e. The molecule has 0 saturated heterocycles. The second-order valence-electron chi connectivity index (χ2n) is 5.44. The molecule has 4 heteroatoms. The van der Waals surface area contributed by atoms with E-state index in [0.29, 0.717) is 6.54 Å². The van der Waals surface area contributed by atoms with E-state index in [2.05, 4.69) is 16.7 Å². The zero-order chi connectivity index (χ0) is 12.2. The second-order valence-corrected chi connectivity index (χ2v) is 5.44. The molecule has 0 aromatic heterocycles. The number of amides is 1. The highest BCUT2D eigenvalue weighted by molar-refractivity contribution is 5.78. The lowest BCUT2D eigenvalue weighted by Crippen LogP contribution is -2.46. The Kier molecular flexibility index (Phi) is 4.31. The van der Waals surface area contributed by atoms with Crippen LogP contribution < -0.4 is 10.6 Å². The summed E-state index contributed by atoms with van der Waals surface area (Å²) < 4.78 is 0. The predicted molar refractivity (Wildman–Crippen MR) is 62.6 cm³/mol. The first kappa shape index (κ1) is 13.0. The highest BCUT2D eigenvalue weighted by Crippen LogP contribution is 2.24. The van der Waals surface area contributed by atoms with Gasteiger partial charge >= 0.3 is 0 Å². The lowest BCUT2D eigenvalue weighted by molar-refractivity contribution is -0.121. The summed E-state index contributed by atoms with van der Waals surface area (Å²) in [5.41, 5.74) is -0.0539. The monoisotopic (exact) mass is 223 g/mol. The summed E-state index contributed by atoms with van der Waals surface area (Å²) in [6.07, 6.45) is 2.88. The van der Waals surface area contributed by atoms with Gasteiger partial charge in [0.15, 0.2) is 0 Å². The number of nitrogens with zero attached hydrogens (tertiary/aromatic N) is 1. The number of hydrogen-bond acceptors (Lipinski definition) is 3. The maximum absolute atomic E-state index is 11.6. The van der Waals surface area contributed by atoms with Crippen LogP contribution in [0.1, 0.15) is 40.0 Å². The van der Waals surface area contributed by atoms with Crippen molar-refractivity contribution in [3.8, 4) is 6.07 Å². The van der Waals surface area contributed by atoms with E-state index >= 15 is 0 Å². The van der Waals surface area contributed by atoms with Crippen LogP contribution in [0.3, 0.4) is 0 Å². The molecule has 90 valence electrons. The first-order valence-electron chi connectivity index (χ1n) is 5.86. The highest BCUT2D eigenvalue weighted by Gasteiger charge is 2.28. The Morgan fingerprint density at radius 2 is 2.12 bits per heavy atom. The van der Waals surface area contributed by atoms with Crippen LogP contribution in [0.2, 0.25) is 0 Å². The summed E-state index contributed by atoms with van der Waals surface area (Å²) in [5, 5.41) is 15.0. The molecule has 0 aromatic carbocycles. The molecule has 1 saturated carbocycles. The van der Waals surface area contributed by atoms with Gasteiger partial charge in [-0.25, -0.2) is 0 Å². The molecule has 0 spiro atoms. The summed E-state index contributed by atoms with van der Waals surface area (Å²) in [4.78, 5) is 11.6. The number of carbonyl (C=O) groups is 1. The lowest BCUT2D eigenvalue weighted by Gasteiger charge is -2.21. The van der Waals surface area contributed by atoms with Gasteiger partial charge in [0, 0.05) is 11.6 Å². The first-order valence-corrected chi connectivity index (χ1v) is 5.86. The Bertz CT molecular complexity index is 288. The summed E-state index contributed by atoms with van der Waals surface area (Å²) in [5.74, 6) is -0.0133. The smallest absolute Gasteiger partial charge is 0.234 e. The molecule has 2 N–H and O–H groups in total. The lowest BCUT2D eigenvalue weighted by atomic mass is 10.1. The topological polar surface area (TPSA) is 64.9 Å². The van der Waals surface area contributed by atoms with Crippen LogP contribution >= 0.6 is 0 Å². The predicted octanol–water partition coefficient (Wildman–Crippen LogP) is 1.18. The number of nitrogens with one attached hydrogen (secondary N) is 2. The Morgan fingerprint density at radius 1 is 1.44 bits per heavy atom. The summed E-state index contributed by atoms with van der Waals surface area (Å²) in [6.45, 7) is 6.38. The van der Waals surface area contributed by atoms with E-state index in [1.807, 2.05) is 20.8 Å². The third kappa shape index (κ3) is 4.19. The van der Waals surface area contributed by atoms with Crippen molar-refractivity contribution in [2.75, 3.05) is 6.54 Å². The SMILES string of the molecule is CC(C)(C)NCC(=O)NC1CCCC1C#N. The van der Waals surface area contributed by atoms with Crippen molar-refractivity contribution in [1.82, 2.24) is 10.6 Å². The van der Waals surface area contributed by atoms with Crippen molar-refractivity contribution >= 4 is 5.91 Å². The minimum absolute atomic E-state index is 0.00131. The van der Waals surface area contributed by atoms with Gasteiger partial charge in [-0.3, -0.25) is 4.79 Å². The Morgan fingerprint density at radius 3 is 2.69 bits per heavy atom. The average molecular weight is 223 g/mol. The van der Waals surface area contributed by atoms with Gasteiger partial charge in [0.25, 0.3) is 0 Å². The van der Waals surface area contributed by atoms with E-state index in [1.54, 1.807) is 0 Å². The highest BCUT2D eigenvalue weighted by atomic mass is 16.2. The summed E-state index contributed by atoms with van der Waals surface area (Å²) in [7, 11) is 0. The molecular weight excluding hydrogens is 202 g/mol. The van der Waals surface area contributed by atoms with Crippen LogP contribution in [0, 0.1) is 17.2 Å². The van der Waals surface area contributed by atoms with Crippen molar-refractivity contribution in [1.29, 1.82) is 5.26 Å². The van der Waals surface area contributed by atoms with Crippen molar-refractivity contribution in [3.63, 3.8) is 0 Å². The average Bonchev–Trinajstić information content (AvgIpc) is 2.61. The minimum Gasteiger partial charge on any atom is -0.351 e. The fourth-order valence-corrected chi connectivity index (χ4v) is 1.89. The normalized spacial score (nSPS) is 25.1. The molecule has 1 fully saturated rings. The molecule has 16 heavy (non-hydrogen) atoms. The maximum Gasteiger partial charge on any atom is 0.234 e. The first-order chi connectivity index (χ1) is 7.42. The molecule has 1 aliphatic carbocycles. The molecule has 1 amide bonds. The van der Waals surface area contributed by atoms with Gasteiger partial charge in [0.05, 0.1) is 18.5 Å². The maximum atomic E-state index is 11.6. The van der Waals surface area contributed by atoms with Gasteiger partial charge in [-0.15, -0.1) is 0 Å². The quantitative estimate of drug-likeness (QED) is 0.755. The second kappa shape index (κ2) is 5.31. The number of rotatable bonds is 3. The van der Waals surface area contributed by atoms with Crippen molar-refractivity contribution in [3.05, 3.63) is 0 Å². The van der Waals surface area contributed by atoms with Crippen LogP contribution in [0.25, 0.3) is 0 Å². The Hall–Kier alpha value is -1.08. The molecule has 1 rings (SSSR count). The van der Waals surface area contributed by atoms with E-state index in [-0.39, 0.29) is 23.4 Å². The van der Waals surface area contributed by atoms with E-state index in [0.717, 1.165) is 19.3 Å². The van der Waals surface area contributed by atoms with Gasteiger partial charge in [0.1, 0.15) is 0 Å². The summed E-state index contributed by atoms with van der Waals surface area (Å²) >= 11 is 0.